The molecule has 192 valence electrons. The average Bonchev–Trinajstić information content (AvgIpc) is 2.78. The van der Waals surface area contributed by atoms with Crippen LogP contribution in [0.5, 0.6) is 0 Å². The number of hydrogen-bond acceptors (Lipinski definition) is 4. The Morgan fingerprint density at radius 1 is 1.00 bits per heavy atom. The van der Waals surface area contributed by atoms with Crippen LogP contribution < -0.4 is 9.62 Å². The SMILES string of the molecule is CC[C@H](C)NC(=O)[C@H](C)N(Cc1cccc(C)c1)C(=O)CCCN(c1cccc(C)c1)S(C)(=O)=O. The van der Waals surface area contributed by atoms with E-state index < -0.39 is 16.1 Å². The summed E-state index contributed by atoms with van der Waals surface area (Å²) in [6, 6.07) is 14.5. The molecular weight excluding hydrogens is 462 g/mol. The summed E-state index contributed by atoms with van der Waals surface area (Å²) >= 11 is 0. The van der Waals surface area contributed by atoms with Crippen molar-refractivity contribution < 1.29 is 18.0 Å². The number of rotatable bonds is 12. The summed E-state index contributed by atoms with van der Waals surface area (Å²) in [4.78, 5) is 27.8. The summed E-state index contributed by atoms with van der Waals surface area (Å²) < 4.78 is 26.2. The lowest BCUT2D eigenvalue weighted by atomic mass is 10.1. The number of benzene rings is 2. The number of hydrogen-bond donors (Lipinski definition) is 1. The Bertz CT molecular complexity index is 1120. The number of anilines is 1. The van der Waals surface area contributed by atoms with Gasteiger partial charge < -0.3 is 10.2 Å². The molecule has 0 spiro atoms. The van der Waals surface area contributed by atoms with Crippen LogP contribution in [0.1, 0.15) is 56.7 Å². The lowest BCUT2D eigenvalue weighted by molar-refractivity contribution is -0.140. The molecule has 35 heavy (non-hydrogen) atoms. The van der Waals surface area contributed by atoms with Crippen molar-refractivity contribution in [1.29, 1.82) is 0 Å². The predicted octanol–water partition coefficient (Wildman–Crippen LogP) is 4.18. The number of carbonyl (C=O) groups is 2. The molecule has 0 aliphatic carbocycles. The fraction of sp³-hybridized carbons (Fsp3) is 0.481. The minimum absolute atomic E-state index is 0.0125. The number of sulfonamides is 1. The maximum atomic E-state index is 13.3. The normalized spacial score (nSPS) is 13.1. The van der Waals surface area contributed by atoms with E-state index >= 15 is 0 Å². The third kappa shape index (κ3) is 8.69. The molecule has 0 saturated heterocycles. The van der Waals surface area contributed by atoms with Gasteiger partial charge in [0.25, 0.3) is 0 Å². The van der Waals surface area contributed by atoms with Crippen LogP contribution in [0, 0.1) is 13.8 Å². The molecule has 2 atom stereocenters. The number of carbonyl (C=O) groups excluding carboxylic acids is 2. The van der Waals surface area contributed by atoms with Crippen LogP contribution in [-0.2, 0) is 26.2 Å². The van der Waals surface area contributed by atoms with E-state index in [-0.39, 0.29) is 30.8 Å². The second-order valence-corrected chi connectivity index (χ2v) is 11.2. The molecule has 2 aromatic carbocycles. The minimum atomic E-state index is -3.51. The molecule has 0 radical (unpaired) electrons. The third-order valence-corrected chi connectivity index (χ3v) is 7.24. The van der Waals surface area contributed by atoms with Crippen LogP contribution in [0.4, 0.5) is 5.69 Å². The molecule has 0 fully saturated rings. The van der Waals surface area contributed by atoms with Crippen LogP contribution in [-0.4, -0.2) is 50.0 Å². The zero-order chi connectivity index (χ0) is 26.2. The fourth-order valence-electron chi connectivity index (χ4n) is 3.84. The summed E-state index contributed by atoms with van der Waals surface area (Å²) in [7, 11) is -3.51. The summed E-state index contributed by atoms with van der Waals surface area (Å²) in [5.41, 5.74) is 3.56. The zero-order valence-electron chi connectivity index (χ0n) is 21.7. The van der Waals surface area contributed by atoms with Crippen LogP contribution in [0.2, 0.25) is 0 Å². The molecule has 2 rings (SSSR count). The maximum Gasteiger partial charge on any atom is 0.242 e. The van der Waals surface area contributed by atoms with E-state index in [1.165, 1.54) is 10.6 Å². The van der Waals surface area contributed by atoms with Gasteiger partial charge in [0.1, 0.15) is 6.04 Å². The maximum absolute atomic E-state index is 13.3. The van der Waals surface area contributed by atoms with Crippen molar-refractivity contribution in [2.24, 2.45) is 0 Å². The summed E-state index contributed by atoms with van der Waals surface area (Å²) in [5.74, 6) is -0.381. The van der Waals surface area contributed by atoms with Crippen molar-refractivity contribution in [1.82, 2.24) is 10.2 Å². The first-order chi connectivity index (χ1) is 16.4. The van der Waals surface area contributed by atoms with Gasteiger partial charge in [-0.15, -0.1) is 0 Å². The number of nitrogens with one attached hydrogen (secondary N) is 1. The van der Waals surface area contributed by atoms with Gasteiger partial charge in [-0.25, -0.2) is 8.42 Å². The van der Waals surface area contributed by atoms with E-state index in [4.69, 9.17) is 0 Å². The Labute approximate surface area is 210 Å². The summed E-state index contributed by atoms with van der Waals surface area (Å²) in [5, 5.41) is 2.96. The smallest absolute Gasteiger partial charge is 0.242 e. The van der Waals surface area contributed by atoms with Gasteiger partial charge in [0.15, 0.2) is 0 Å². The molecule has 2 aromatic rings. The number of amides is 2. The van der Waals surface area contributed by atoms with Crippen LogP contribution >= 0.6 is 0 Å². The van der Waals surface area contributed by atoms with E-state index in [1.807, 2.05) is 70.2 Å². The first kappa shape index (κ1) is 28.4. The lowest BCUT2D eigenvalue weighted by Gasteiger charge is -2.30. The standard InChI is InChI=1S/C27H39N3O4S/c1-7-22(4)28-27(32)23(5)29(19-24-13-8-11-20(2)17-24)26(31)15-10-16-30(35(6,33)34)25-14-9-12-21(3)18-25/h8-9,11-14,17-18,22-23H,7,10,15-16,19H2,1-6H3,(H,28,32)/t22-,23-/m0/s1. The largest absolute Gasteiger partial charge is 0.352 e. The Morgan fingerprint density at radius 2 is 1.63 bits per heavy atom. The molecule has 0 saturated carbocycles. The first-order valence-corrected chi connectivity index (χ1v) is 14.0. The van der Waals surface area contributed by atoms with Crippen molar-refractivity contribution in [2.75, 3.05) is 17.1 Å². The Balaban J connectivity index is 2.17. The highest BCUT2D eigenvalue weighted by Crippen LogP contribution is 2.20. The van der Waals surface area contributed by atoms with Gasteiger partial charge in [0, 0.05) is 25.6 Å². The van der Waals surface area contributed by atoms with E-state index in [9.17, 15) is 18.0 Å². The number of nitrogens with zero attached hydrogens (tertiary/aromatic N) is 2. The highest BCUT2D eigenvalue weighted by molar-refractivity contribution is 7.92. The molecular formula is C27H39N3O4S. The van der Waals surface area contributed by atoms with Crippen LogP contribution in [0.3, 0.4) is 0 Å². The van der Waals surface area contributed by atoms with Gasteiger partial charge in [-0.05, 0) is 63.8 Å². The Hall–Kier alpha value is -2.87. The van der Waals surface area contributed by atoms with Crippen LogP contribution in [0.15, 0.2) is 48.5 Å². The van der Waals surface area contributed by atoms with Gasteiger partial charge in [-0.1, -0.05) is 48.9 Å². The molecule has 0 aromatic heterocycles. The highest BCUT2D eigenvalue weighted by Gasteiger charge is 2.27. The van der Waals surface area contributed by atoms with E-state index in [0.29, 0.717) is 18.7 Å². The van der Waals surface area contributed by atoms with Crippen molar-refractivity contribution >= 4 is 27.5 Å². The highest BCUT2D eigenvalue weighted by atomic mass is 32.2. The van der Waals surface area contributed by atoms with E-state index in [0.717, 1.165) is 23.1 Å². The predicted molar refractivity (Wildman–Crippen MR) is 142 cm³/mol. The van der Waals surface area contributed by atoms with Crippen LogP contribution in [0.25, 0.3) is 0 Å². The van der Waals surface area contributed by atoms with Gasteiger partial charge in [0.05, 0.1) is 11.9 Å². The van der Waals surface area contributed by atoms with Gasteiger partial charge in [0.2, 0.25) is 21.8 Å². The first-order valence-electron chi connectivity index (χ1n) is 12.1. The Kier molecular flexibility index (Phi) is 10.3. The molecule has 1 N–H and O–H groups in total. The molecule has 7 nitrogen and oxygen atoms in total. The summed E-state index contributed by atoms with van der Waals surface area (Å²) in [6.45, 7) is 10.0. The zero-order valence-corrected chi connectivity index (χ0v) is 22.6. The van der Waals surface area contributed by atoms with Crippen molar-refractivity contribution in [3.05, 3.63) is 65.2 Å². The quantitative estimate of drug-likeness (QED) is 0.473. The fourth-order valence-corrected chi connectivity index (χ4v) is 4.80. The molecule has 0 unspecified atom stereocenters. The molecule has 8 heteroatoms. The Morgan fingerprint density at radius 3 is 2.20 bits per heavy atom. The topological polar surface area (TPSA) is 86.8 Å². The lowest BCUT2D eigenvalue weighted by Crippen LogP contribution is -2.49. The van der Waals surface area contributed by atoms with Gasteiger partial charge in [-0.3, -0.25) is 13.9 Å². The van der Waals surface area contributed by atoms with Crippen molar-refractivity contribution in [2.45, 2.75) is 72.5 Å². The average molecular weight is 502 g/mol. The molecule has 0 bridgehead atoms. The second kappa shape index (κ2) is 12.7. The molecule has 0 aliphatic heterocycles. The molecule has 0 heterocycles. The van der Waals surface area contributed by atoms with E-state index in [2.05, 4.69) is 5.32 Å². The molecule has 2 amide bonds. The third-order valence-electron chi connectivity index (χ3n) is 6.05. The van der Waals surface area contributed by atoms with Crippen molar-refractivity contribution in [3.63, 3.8) is 0 Å². The van der Waals surface area contributed by atoms with Gasteiger partial charge in [-0.2, -0.15) is 0 Å². The van der Waals surface area contributed by atoms with Crippen molar-refractivity contribution in [3.8, 4) is 0 Å². The monoisotopic (exact) mass is 501 g/mol. The van der Waals surface area contributed by atoms with E-state index in [1.54, 1.807) is 17.9 Å². The minimum Gasteiger partial charge on any atom is -0.352 e. The second-order valence-electron chi connectivity index (χ2n) is 9.28. The molecule has 0 aliphatic rings. The number of aryl methyl sites for hydroxylation is 2. The summed E-state index contributed by atoms with van der Waals surface area (Å²) in [6.07, 6.45) is 2.43. The van der Waals surface area contributed by atoms with Gasteiger partial charge >= 0.3 is 0 Å².